The van der Waals surface area contributed by atoms with Gasteiger partial charge in [-0.2, -0.15) is 0 Å². The van der Waals surface area contributed by atoms with Gasteiger partial charge in [0.05, 0.1) is 12.1 Å². The van der Waals surface area contributed by atoms with Crippen LogP contribution in [-0.2, 0) is 14.4 Å². The number of halogens is 1. The molecule has 0 bridgehead atoms. The van der Waals surface area contributed by atoms with Gasteiger partial charge in [-0.25, -0.2) is 4.90 Å². The van der Waals surface area contributed by atoms with Gasteiger partial charge in [0.1, 0.15) is 6.04 Å². The summed E-state index contributed by atoms with van der Waals surface area (Å²) >= 11 is 3.37. The first-order valence-corrected chi connectivity index (χ1v) is 10.5. The zero-order valence-electron chi connectivity index (χ0n) is 17.7. The van der Waals surface area contributed by atoms with Crippen molar-refractivity contribution in [1.29, 1.82) is 0 Å². The Morgan fingerprint density at radius 2 is 1.57 bits per heavy atom. The summed E-state index contributed by atoms with van der Waals surface area (Å²) in [5.74, 6) is -0.796. The number of carbonyl (C=O) groups excluding carboxylic acids is 3. The molecule has 3 amide bonds. The van der Waals surface area contributed by atoms with Crippen LogP contribution in [0.5, 0.6) is 0 Å². The zero-order chi connectivity index (χ0) is 21.2. The van der Waals surface area contributed by atoms with Gasteiger partial charge >= 0.3 is 0 Å². The number of amides is 3. The second-order valence-electron chi connectivity index (χ2n) is 10.0. The van der Waals surface area contributed by atoms with Crippen LogP contribution in [-0.4, -0.2) is 34.2 Å². The Hall–Kier alpha value is -1.69. The number of hydrogen-bond acceptors (Lipinski definition) is 3. The minimum Gasteiger partial charge on any atom is -0.325 e. The van der Waals surface area contributed by atoms with Crippen LogP contribution in [0.2, 0.25) is 0 Å². The van der Waals surface area contributed by atoms with E-state index in [-0.39, 0.29) is 40.9 Å². The van der Waals surface area contributed by atoms with Crippen molar-refractivity contribution in [2.24, 2.45) is 16.7 Å². The molecule has 2 aliphatic rings. The molecule has 152 valence electrons. The molecule has 1 aromatic carbocycles. The van der Waals surface area contributed by atoms with Crippen molar-refractivity contribution in [2.45, 2.75) is 66.5 Å². The molecule has 1 aromatic rings. The number of hydrogen-bond donors (Lipinski definition) is 0. The van der Waals surface area contributed by atoms with E-state index in [2.05, 4.69) is 43.6 Å². The van der Waals surface area contributed by atoms with Gasteiger partial charge < -0.3 is 4.90 Å². The summed E-state index contributed by atoms with van der Waals surface area (Å²) in [7, 11) is 0. The average molecular weight is 449 g/mol. The summed E-state index contributed by atoms with van der Waals surface area (Å²) in [6.07, 6.45) is 0.0193. The topological polar surface area (TPSA) is 57.7 Å². The van der Waals surface area contributed by atoms with Crippen molar-refractivity contribution in [1.82, 2.24) is 4.90 Å². The quantitative estimate of drug-likeness (QED) is 0.644. The van der Waals surface area contributed by atoms with Crippen LogP contribution in [0.25, 0.3) is 0 Å². The standard InChI is InChI=1S/C22H29BrN2O3/c1-20(2,3)25(19(28)17-21(4,5)22(17,6)7)15-12-16(26)24(18(15)27)14-10-8-13(23)9-11-14/h8-11,15,17H,12H2,1-7H3. The molecule has 0 spiro atoms. The van der Waals surface area contributed by atoms with Crippen LogP contribution in [0, 0.1) is 16.7 Å². The van der Waals surface area contributed by atoms with Crippen molar-refractivity contribution in [3.05, 3.63) is 28.7 Å². The Bertz CT molecular complexity index is 822. The fourth-order valence-corrected chi connectivity index (χ4v) is 4.85. The molecule has 0 aromatic heterocycles. The first kappa shape index (κ1) is 21.0. The number of nitrogens with zero attached hydrogens (tertiary/aromatic N) is 2. The second-order valence-corrected chi connectivity index (χ2v) is 10.9. The molecule has 1 unspecified atom stereocenters. The van der Waals surface area contributed by atoms with E-state index in [4.69, 9.17) is 0 Å². The molecular weight excluding hydrogens is 420 g/mol. The van der Waals surface area contributed by atoms with Crippen molar-refractivity contribution in [3.63, 3.8) is 0 Å². The largest absolute Gasteiger partial charge is 0.325 e. The molecule has 2 fully saturated rings. The summed E-state index contributed by atoms with van der Waals surface area (Å²) in [6, 6.07) is 6.30. The summed E-state index contributed by atoms with van der Waals surface area (Å²) in [6.45, 7) is 14.1. The number of benzene rings is 1. The van der Waals surface area contributed by atoms with Gasteiger partial charge in [-0.15, -0.1) is 0 Å². The maximum Gasteiger partial charge on any atom is 0.257 e. The highest BCUT2D eigenvalue weighted by Gasteiger charge is 2.70. The molecule has 1 atom stereocenters. The van der Waals surface area contributed by atoms with Crippen LogP contribution in [0.15, 0.2) is 28.7 Å². The third-order valence-corrected chi connectivity index (χ3v) is 7.28. The average Bonchev–Trinajstić information content (AvgIpc) is 2.78. The summed E-state index contributed by atoms with van der Waals surface area (Å²) in [5, 5.41) is 0. The van der Waals surface area contributed by atoms with Gasteiger partial charge in [0.15, 0.2) is 0 Å². The molecule has 1 aliphatic carbocycles. The third-order valence-electron chi connectivity index (χ3n) is 6.75. The summed E-state index contributed by atoms with van der Waals surface area (Å²) < 4.78 is 0.872. The smallest absolute Gasteiger partial charge is 0.257 e. The minimum absolute atomic E-state index is 0.0193. The van der Waals surface area contributed by atoms with E-state index in [0.717, 1.165) is 4.47 Å². The van der Waals surface area contributed by atoms with Crippen LogP contribution < -0.4 is 4.90 Å². The second kappa shape index (κ2) is 6.41. The molecule has 5 nitrogen and oxygen atoms in total. The third kappa shape index (κ3) is 3.10. The molecule has 1 saturated carbocycles. The van der Waals surface area contributed by atoms with E-state index in [1.165, 1.54) is 4.90 Å². The number of anilines is 1. The predicted octanol–water partition coefficient (Wildman–Crippen LogP) is 4.39. The molecule has 1 heterocycles. The molecule has 3 rings (SSSR count). The lowest BCUT2D eigenvalue weighted by Crippen LogP contribution is -2.55. The van der Waals surface area contributed by atoms with Crippen LogP contribution in [0.1, 0.15) is 54.9 Å². The molecule has 0 radical (unpaired) electrons. The lowest BCUT2D eigenvalue weighted by atomic mass is 9.98. The normalized spacial score (nSPS) is 23.9. The first-order valence-electron chi connectivity index (χ1n) is 9.67. The van der Waals surface area contributed by atoms with E-state index in [0.29, 0.717) is 5.69 Å². The van der Waals surface area contributed by atoms with E-state index in [1.807, 2.05) is 20.8 Å². The molecule has 6 heteroatoms. The van der Waals surface area contributed by atoms with E-state index in [1.54, 1.807) is 29.2 Å². The Kier molecular flexibility index (Phi) is 4.81. The van der Waals surface area contributed by atoms with Gasteiger partial charge in [0.2, 0.25) is 11.8 Å². The van der Waals surface area contributed by atoms with Gasteiger partial charge in [-0.1, -0.05) is 43.6 Å². The Labute approximate surface area is 175 Å². The van der Waals surface area contributed by atoms with Gasteiger partial charge in [-0.05, 0) is 55.9 Å². The fourth-order valence-electron chi connectivity index (χ4n) is 4.58. The molecule has 0 N–H and O–H groups in total. The SMILES string of the molecule is CC(C)(C)N(C(=O)C1C(C)(C)C1(C)C)C1CC(=O)N(c2ccc(Br)cc2)C1=O. The lowest BCUT2D eigenvalue weighted by Gasteiger charge is -2.39. The van der Waals surface area contributed by atoms with Gasteiger partial charge in [-0.3, -0.25) is 14.4 Å². The highest BCUT2D eigenvalue weighted by atomic mass is 79.9. The van der Waals surface area contributed by atoms with Crippen molar-refractivity contribution in [3.8, 4) is 0 Å². The highest BCUT2D eigenvalue weighted by Crippen LogP contribution is 2.69. The molecule has 1 aliphatic heterocycles. The van der Waals surface area contributed by atoms with Crippen LogP contribution in [0.4, 0.5) is 5.69 Å². The molecule has 1 saturated heterocycles. The number of imide groups is 1. The Balaban J connectivity index is 1.94. The van der Waals surface area contributed by atoms with Crippen molar-refractivity contribution in [2.75, 3.05) is 4.90 Å². The van der Waals surface area contributed by atoms with Gasteiger partial charge in [0, 0.05) is 15.9 Å². The van der Waals surface area contributed by atoms with Crippen molar-refractivity contribution >= 4 is 39.3 Å². The number of rotatable bonds is 3. The predicted molar refractivity (Wildman–Crippen MR) is 113 cm³/mol. The summed E-state index contributed by atoms with van der Waals surface area (Å²) in [4.78, 5) is 42.4. The number of carbonyl (C=O) groups is 3. The molecule has 28 heavy (non-hydrogen) atoms. The maximum absolute atomic E-state index is 13.5. The van der Waals surface area contributed by atoms with Crippen molar-refractivity contribution < 1.29 is 14.4 Å². The Morgan fingerprint density at radius 3 is 2.00 bits per heavy atom. The van der Waals surface area contributed by atoms with Crippen LogP contribution in [0.3, 0.4) is 0 Å². The molecular formula is C22H29BrN2O3. The minimum atomic E-state index is -0.768. The van der Waals surface area contributed by atoms with Crippen LogP contribution >= 0.6 is 15.9 Å². The lowest BCUT2D eigenvalue weighted by molar-refractivity contribution is -0.146. The fraction of sp³-hybridized carbons (Fsp3) is 0.591. The van der Waals surface area contributed by atoms with E-state index in [9.17, 15) is 14.4 Å². The maximum atomic E-state index is 13.5. The van der Waals surface area contributed by atoms with E-state index >= 15 is 0 Å². The zero-order valence-corrected chi connectivity index (χ0v) is 19.3. The highest BCUT2D eigenvalue weighted by molar-refractivity contribution is 9.10. The first-order chi connectivity index (χ1) is 12.7. The Morgan fingerprint density at radius 1 is 1.07 bits per heavy atom. The van der Waals surface area contributed by atoms with E-state index < -0.39 is 11.6 Å². The monoisotopic (exact) mass is 448 g/mol. The van der Waals surface area contributed by atoms with Gasteiger partial charge in [0.25, 0.3) is 5.91 Å². The summed E-state index contributed by atoms with van der Waals surface area (Å²) in [5.41, 5.74) is -0.300.